The number of hydrogen-bond donors (Lipinski definition) is 1. The first-order valence-electron chi connectivity index (χ1n) is 4.86. The Kier molecular flexibility index (Phi) is 3.03. The molecule has 2 aromatic rings. The molecule has 0 aromatic heterocycles. The molecule has 2 rings (SSSR count). The van der Waals surface area contributed by atoms with E-state index in [-0.39, 0.29) is 0 Å². The average Bonchev–Trinajstić information content (AvgIpc) is 2.30. The molecule has 1 N–H and O–H groups in total. The van der Waals surface area contributed by atoms with Crippen LogP contribution in [0.25, 0.3) is 0 Å². The van der Waals surface area contributed by atoms with E-state index in [1.54, 1.807) is 6.07 Å². The minimum absolute atomic E-state index is 0.398. The SMILES string of the molecule is C[P@](c1ccccc1)c1ccccc1O. The predicted octanol–water partition coefficient (Wildman–Crippen LogP) is 2.45. The van der Waals surface area contributed by atoms with E-state index < -0.39 is 7.92 Å². The second kappa shape index (κ2) is 4.46. The van der Waals surface area contributed by atoms with Crippen LogP contribution in [-0.4, -0.2) is 11.8 Å². The van der Waals surface area contributed by atoms with Gasteiger partial charge in [0.2, 0.25) is 0 Å². The van der Waals surface area contributed by atoms with Crippen molar-refractivity contribution in [1.82, 2.24) is 0 Å². The Hall–Kier alpha value is -1.33. The van der Waals surface area contributed by atoms with E-state index in [1.807, 2.05) is 36.4 Å². The van der Waals surface area contributed by atoms with Crippen molar-refractivity contribution in [1.29, 1.82) is 0 Å². The van der Waals surface area contributed by atoms with E-state index in [9.17, 15) is 5.11 Å². The molecule has 15 heavy (non-hydrogen) atoms. The molecule has 2 heteroatoms. The van der Waals surface area contributed by atoms with Gasteiger partial charge < -0.3 is 5.11 Å². The summed E-state index contributed by atoms with van der Waals surface area (Å²) in [6.07, 6.45) is 0. The van der Waals surface area contributed by atoms with Crippen molar-refractivity contribution in [3.05, 3.63) is 54.6 Å². The highest BCUT2D eigenvalue weighted by atomic mass is 31.1. The molecule has 0 spiro atoms. The molecule has 0 aliphatic rings. The van der Waals surface area contributed by atoms with Gasteiger partial charge in [-0.15, -0.1) is 0 Å². The largest absolute Gasteiger partial charge is 0.507 e. The van der Waals surface area contributed by atoms with Gasteiger partial charge in [-0.2, -0.15) is 0 Å². The lowest BCUT2D eigenvalue weighted by molar-refractivity contribution is 0.480. The Labute approximate surface area is 91.1 Å². The van der Waals surface area contributed by atoms with E-state index in [0.29, 0.717) is 5.75 Å². The van der Waals surface area contributed by atoms with E-state index in [2.05, 4.69) is 18.8 Å². The first-order valence-corrected chi connectivity index (χ1v) is 6.64. The lowest BCUT2D eigenvalue weighted by Crippen LogP contribution is -2.10. The molecular weight excluding hydrogens is 203 g/mol. The fourth-order valence-electron chi connectivity index (χ4n) is 1.54. The van der Waals surface area contributed by atoms with Crippen LogP contribution in [0.15, 0.2) is 54.6 Å². The summed E-state index contributed by atoms with van der Waals surface area (Å²) in [6.45, 7) is 2.17. The Bertz CT molecular complexity index is 439. The monoisotopic (exact) mass is 216 g/mol. The zero-order chi connectivity index (χ0) is 10.7. The van der Waals surface area contributed by atoms with Gasteiger partial charge in [-0.1, -0.05) is 48.5 Å². The summed E-state index contributed by atoms with van der Waals surface area (Å²) in [6, 6.07) is 17.9. The number of phenolic OH excluding ortho intramolecular Hbond substituents is 1. The number of phenols is 1. The molecule has 0 aliphatic heterocycles. The summed E-state index contributed by atoms with van der Waals surface area (Å²) < 4.78 is 0. The topological polar surface area (TPSA) is 20.2 Å². The number of para-hydroxylation sites is 1. The van der Waals surface area contributed by atoms with Crippen LogP contribution in [0.3, 0.4) is 0 Å². The molecular formula is C13H13OP. The van der Waals surface area contributed by atoms with E-state index >= 15 is 0 Å². The van der Waals surface area contributed by atoms with Gasteiger partial charge in [0, 0.05) is 5.30 Å². The Morgan fingerprint density at radius 3 is 2.13 bits per heavy atom. The molecule has 0 heterocycles. The fourth-order valence-corrected chi connectivity index (χ4v) is 3.16. The van der Waals surface area contributed by atoms with Crippen LogP contribution < -0.4 is 10.6 Å². The van der Waals surface area contributed by atoms with Crippen LogP contribution in [0.2, 0.25) is 0 Å². The van der Waals surface area contributed by atoms with Crippen molar-refractivity contribution in [2.75, 3.05) is 6.66 Å². The first kappa shape index (κ1) is 10.2. The zero-order valence-corrected chi connectivity index (χ0v) is 9.49. The lowest BCUT2D eigenvalue weighted by atomic mass is 10.3. The van der Waals surface area contributed by atoms with Gasteiger partial charge >= 0.3 is 0 Å². The van der Waals surface area contributed by atoms with Gasteiger partial charge in [-0.25, -0.2) is 0 Å². The predicted molar refractivity (Wildman–Crippen MR) is 66.7 cm³/mol. The van der Waals surface area contributed by atoms with E-state index in [1.165, 1.54) is 5.30 Å². The van der Waals surface area contributed by atoms with Crippen molar-refractivity contribution in [3.63, 3.8) is 0 Å². The van der Waals surface area contributed by atoms with Crippen LogP contribution in [0.1, 0.15) is 0 Å². The third-order valence-corrected chi connectivity index (χ3v) is 4.56. The Balaban J connectivity index is 2.37. The molecule has 0 aliphatic carbocycles. The minimum atomic E-state index is -0.442. The van der Waals surface area contributed by atoms with Crippen LogP contribution in [0.4, 0.5) is 0 Å². The smallest absolute Gasteiger partial charge is 0.123 e. The van der Waals surface area contributed by atoms with Crippen LogP contribution in [-0.2, 0) is 0 Å². The quantitative estimate of drug-likeness (QED) is 0.764. The van der Waals surface area contributed by atoms with Crippen LogP contribution in [0.5, 0.6) is 5.75 Å². The van der Waals surface area contributed by atoms with Crippen molar-refractivity contribution < 1.29 is 5.11 Å². The molecule has 0 radical (unpaired) electrons. The fraction of sp³-hybridized carbons (Fsp3) is 0.0769. The number of hydrogen-bond acceptors (Lipinski definition) is 1. The molecule has 1 atom stereocenters. The van der Waals surface area contributed by atoms with E-state index in [0.717, 1.165) is 5.30 Å². The molecule has 76 valence electrons. The number of rotatable bonds is 2. The molecule has 0 fully saturated rings. The third kappa shape index (κ3) is 2.19. The average molecular weight is 216 g/mol. The highest BCUT2D eigenvalue weighted by Gasteiger charge is 2.10. The highest BCUT2D eigenvalue weighted by Crippen LogP contribution is 2.31. The maximum atomic E-state index is 9.76. The second-order valence-electron chi connectivity index (χ2n) is 3.38. The summed E-state index contributed by atoms with van der Waals surface area (Å²) in [4.78, 5) is 0. The van der Waals surface area contributed by atoms with Crippen molar-refractivity contribution >= 4 is 18.5 Å². The van der Waals surface area contributed by atoms with Gasteiger partial charge in [-0.05, 0) is 26.0 Å². The van der Waals surface area contributed by atoms with Crippen molar-refractivity contribution in [2.45, 2.75) is 0 Å². The maximum absolute atomic E-state index is 9.76. The van der Waals surface area contributed by atoms with Crippen LogP contribution in [0, 0.1) is 0 Å². The minimum Gasteiger partial charge on any atom is -0.507 e. The summed E-state index contributed by atoms with van der Waals surface area (Å²) in [7, 11) is -0.442. The van der Waals surface area contributed by atoms with Gasteiger partial charge in [0.1, 0.15) is 5.75 Å². The Morgan fingerprint density at radius 1 is 0.867 bits per heavy atom. The standard InChI is InChI=1S/C13H13OP/c1-15(11-7-3-2-4-8-11)13-10-6-5-9-12(13)14/h2-10,14H,1H3/t15-/m1/s1. The van der Waals surface area contributed by atoms with Gasteiger partial charge in [0.05, 0.1) is 0 Å². The van der Waals surface area contributed by atoms with Gasteiger partial charge in [0.15, 0.2) is 0 Å². The molecule has 0 saturated heterocycles. The summed E-state index contributed by atoms with van der Waals surface area (Å²) in [5.74, 6) is 0.398. The molecule has 0 saturated carbocycles. The summed E-state index contributed by atoms with van der Waals surface area (Å²) >= 11 is 0. The van der Waals surface area contributed by atoms with Crippen LogP contribution >= 0.6 is 7.92 Å². The number of aromatic hydroxyl groups is 1. The molecule has 1 nitrogen and oxygen atoms in total. The van der Waals surface area contributed by atoms with Crippen molar-refractivity contribution in [2.24, 2.45) is 0 Å². The van der Waals surface area contributed by atoms with E-state index in [4.69, 9.17) is 0 Å². The molecule has 0 amide bonds. The van der Waals surface area contributed by atoms with Gasteiger partial charge in [0.25, 0.3) is 0 Å². The normalized spacial score (nSPS) is 12.3. The molecule has 2 aromatic carbocycles. The van der Waals surface area contributed by atoms with Crippen molar-refractivity contribution in [3.8, 4) is 5.75 Å². The Morgan fingerprint density at radius 2 is 1.47 bits per heavy atom. The third-order valence-electron chi connectivity index (χ3n) is 2.39. The van der Waals surface area contributed by atoms with Gasteiger partial charge in [-0.3, -0.25) is 0 Å². The lowest BCUT2D eigenvalue weighted by Gasteiger charge is -2.13. The molecule has 0 unspecified atom stereocenters. The maximum Gasteiger partial charge on any atom is 0.123 e. The first-order chi connectivity index (χ1) is 7.29. The second-order valence-corrected chi connectivity index (χ2v) is 5.50. The summed E-state index contributed by atoms with van der Waals surface area (Å²) in [5, 5.41) is 12.1. The highest BCUT2D eigenvalue weighted by molar-refractivity contribution is 7.72. The summed E-state index contributed by atoms with van der Waals surface area (Å²) in [5.41, 5.74) is 0. The number of benzene rings is 2. The zero-order valence-electron chi connectivity index (χ0n) is 8.59. The molecule has 0 bridgehead atoms.